The van der Waals surface area contributed by atoms with E-state index >= 15 is 0 Å². The third kappa shape index (κ3) is 9.99. The number of carbonyl (C=O) groups is 1. The van der Waals surface area contributed by atoms with E-state index in [-0.39, 0.29) is 0 Å². The first-order valence-corrected chi connectivity index (χ1v) is 11.1. The van der Waals surface area contributed by atoms with Gasteiger partial charge in [-0.1, -0.05) is 74.5 Å². The molecule has 0 spiro atoms. The Bertz CT molecular complexity index is 772. The van der Waals surface area contributed by atoms with Crippen LogP contribution in [0, 0.1) is 5.92 Å². The van der Waals surface area contributed by atoms with Crippen molar-refractivity contribution >= 4 is 6.09 Å². The number of amides is 1. The Morgan fingerprint density at radius 2 is 1.52 bits per heavy atom. The van der Waals surface area contributed by atoms with Gasteiger partial charge in [0.1, 0.15) is 5.60 Å². The molecule has 170 valence electrons. The molecule has 2 atom stereocenters. The summed E-state index contributed by atoms with van der Waals surface area (Å²) in [5, 5.41) is 14.1. The van der Waals surface area contributed by atoms with Crippen LogP contribution in [0.15, 0.2) is 60.7 Å². The monoisotopic (exact) mass is 426 g/mol. The SMILES string of the molecule is CC(C)CN(Cc1ccccc1)C[C@@H](O)[C@H](Cc1ccccc1)NC(=O)OC(C)(C)C. The molecule has 0 radical (unpaired) electrons. The maximum atomic E-state index is 12.5. The van der Waals surface area contributed by atoms with Crippen LogP contribution in [-0.4, -0.2) is 46.9 Å². The summed E-state index contributed by atoms with van der Waals surface area (Å²) in [5.41, 5.74) is 1.67. The molecule has 0 bridgehead atoms. The zero-order valence-corrected chi connectivity index (χ0v) is 19.5. The van der Waals surface area contributed by atoms with E-state index in [1.807, 2.05) is 69.3 Å². The van der Waals surface area contributed by atoms with Crippen LogP contribution in [-0.2, 0) is 17.7 Å². The number of rotatable bonds is 10. The van der Waals surface area contributed by atoms with Gasteiger partial charge in [-0.3, -0.25) is 4.90 Å². The predicted molar refractivity (Wildman–Crippen MR) is 126 cm³/mol. The highest BCUT2D eigenvalue weighted by molar-refractivity contribution is 5.68. The van der Waals surface area contributed by atoms with Gasteiger partial charge in [-0.2, -0.15) is 0 Å². The summed E-state index contributed by atoms with van der Waals surface area (Å²) in [6.45, 7) is 11.9. The average molecular weight is 427 g/mol. The molecule has 0 unspecified atom stereocenters. The minimum absolute atomic E-state index is 0.456. The second-order valence-electron chi connectivity index (χ2n) is 9.58. The number of carbonyl (C=O) groups excluding carboxylic acids is 1. The number of hydrogen-bond acceptors (Lipinski definition) is 4. The zero-order valence-electron chi connectivity index (χ0n) is 19.5. The van der Waals surface area contributed by atoms with Gasteiger partial charge in [0.2, 0.25) is 0 Å². The van der Waals surface area contributed by atoms with Crippen molar-refractivity contribution in [2.45, 2.75) is 65.3 Å². The van der Waals surface area contributed by atoms with Crippen molar-refractivity contribution in [3.63, 3.8) is 0 Å². The maximum Gasteiger partial charge on any atom is 0.407 e. The molecule has 0 saturated carbocycles. The Labute approximate surface area is 187 Å². The molecule has 0 aliphatic rings. The van der Waals surface area contributed by atoms with Gasteiger partial charge in [0, 0.05) is 19.6 Å². The van der Waals surface area contributed by atoms with E-state index < -0.39 is 23.8 Å². The summed E-state index contributed by atoms with van der Waals surface area (Å²) in [6, 6.07) is 19.7. The van der Waals surface area contributed by atoms with Crippen molar-refractivity contribution in [2.75, 3.05) is 13.1 Å². The highest BCUT2D eigenvalue weighted by atomic mass is 16.6. The van der Waals surface area contributed by atoms with Gasteiger partial charge < -0.3 is 15.2 Å². The smallest absolute Gasteiger partial charge is 0.407 e. The lowest BCUT2D eigenvalue weighted by molar-refractivity contribution is 0.0348. The van der Waals surface area contributed by atoms with E-state index in [4.69, 9.17) is 4.74 Å². The summed E-state index contributed by atoms with van der Waals surface area (Å²) in [4.78, 5) is 14.7. The fourth-order valence-corrected chi connectivity index (χ4v) is 3.56. The number of nitrogens with one attached hydrogen (secondary N) is 1. The minimum Gasteiger partial charge on any atom is -0.444 e. The lowest BCUT2D eigenvalue weighted by Crippen LogP contribution is -2.50. The van der Waals surface area contributed by atoms with Gasteiger partial charge in [-0.05, 0) is 44.2 Å². The second kappa shape index (κ2) is 11.9. The van der Waals surface area contributed by atoms with Crippen LogP contribution in [0.5, 0.6) is 0 Å². The van der Waals surface area contributed by atoms with Crippen molar-refractivity contribution in [1.29, 1.82) is 0 Å². The van der Waals surface area contributed by atoms with Crippen LogP contribution in [0.1, 0.15) is 45.7 Å². The van der Waals surface area contributed by atoms with Gasteiger partial charge in [0.25, 0.3) is 0 Å². The number of aliphatic hydroxyl groups is 1. The first-order valence-electron chi connectivity index (χ1n) is 11.1. The van der Waals surface area contributed by atoms with Crippen molar-refractivity contribution in [3.8, 4) is 0 Å². The number of ether oxygens (including phenoxy) is 1. The molecule has 0 heterocycles. The number of alkyl carbamates (subject to hydrolysis) is 1. The van der Waals surface area contributed by atoms with Crippen LogP contribution >= 0.6 is 0 Å². The Hall–Kier alpha value is -2.37. The molecule has 5 nitrogen and oxygen atoms in total. The van der Waals surface area contributed by atoms with Gasteiger partial charge >= 0.3 is 6.09 Å². The van der Waals surface area contributed by atoms with Crippen LogP contribution in [0.3, 0.4) is 0 Å². The van der Waals surface area contributed by atoms with Crippen LogP contribution in [0.2, 0.25) is 0 Å². The molecule has 31 heavy (non-hydrogen) atoms. The Morgan fingerprint density at radius 1 is 0.968 bits per heavy atom. The molecule has 0 aliphatic carbocycles. The number of aliphatic hydroxyl groups excluding tert-OH is 1. The van der Waals surface area contributed by atoms with E-state index in [1.165, 1.54) is 5.56 Å². The van der Waals surface area contributed by atoms with Crippen LogP contribution in [0.4, 0.5) is 4.79 Å². The Balaban J connectivity index is 2.13. The van der Waals surface area contributed by atoms with Gasteiger partial charge in [0.15, 0.2) is 0 Å². The molecular formula is C26H38N2O3. The summed E-state index contributed by atoms with van der Waals surface area (Å²) >= 11 is 0. The first-order chi connectivity index (χ1) is 14.6. The zero-order chi connectivity index (χ0) is 22.9. The molecule has 1 amide bonds. The Kier molecular flexibility index (Phi) is 9.53. The van der Waals surface area contributed by atoms with Gasteiger partial charge in [0.05, 0.1) is 12.1 Å². The highest BCUT2D eigenvalue weighted by Crippen LogP contribution is 2.14. The average Bonchev–Trinajstić information content (AvgIpc) is 2.67. The van der Waals surface area contributed by atoms with Crippen molar-refractivity contribution < 1.29 is 14.6 Å². The number of benzene rings is 2. The van der Waals surface area contributed by atoms with E-state index in [2.05, 4.69) is 36.2 Å². The Morgan fingerprint density at radius 3 is 2.03 bits per heavy atom. The quantitative estimate of drug-likeness (QED) is 0.581. The van der Waals surface area contributed by atoms with Crippen molar-refractivity contribution in [1.82, 2.24) is 10.2 Å². The van der Waals surface area contributed by atoms with Crippen molar-refractivity contribution in [3.05, 3.63) is 71.8 Å². The lowest BCUT2D eigenvalue weighted by Gasteiger charge is -2.32. The molecular weight excluding hydrogens is 388 g/mol. The second-order valence-corrected chi connectivity index (χ2v) is 9.58. The molecule has 2 aromatic carbocycles. The summed E-state index contributed by atoms with van der Waals surface area (Å²) in [5.74, 6) is 0.460. The molecule has 0 fully saturated rings. The molecule has 0 aromatic heterocycles. The van der Waals surface area contributed by atoms with E-state index in [0.717, 1.165) is 18.7 Å². The fourth-order valence-electron chi connectivity index (χ4n) is 3.56. The molecule has 5 heteroatoms. The molecule has 2 aromatic rings. The van der Waals surface area contributed by atoms with Gasteiger partial charge in [-0.25, -0.2) is 4.79 Å². The van der Waals surface area contributed by atoms with E-state index in [0.29, 0.717) is 18.9 Å². The van der Waals surface area contributed by atoms with Crippen LogP contribution < -0.4 is 5.32 Å². The van der Waals surface area contributed by atoms with E-state index in [9.17, 15) is 9.90 Å². The maximum absolute atomic E-state index is 12.5. The summed E-state index contributed by atoms with van der Waals surface area (Å²) < 4.78 is 5.45. The highest BCUT2D eigenvalue weighted by Gasteiger charge is 2.27. The first kappa shape index (κ1) is 24.9. The third-order valence-corrected chi connectivity index (χ3v) is 4.78. The number of nitrogens with zero attached hydrogens (tertiary/aromatic N) is 1. The standard InChI is InChI=1S/C26H38N2O3/c1-20(2)17-28(18-22-14-10-7-11-15-22)19-24(29)23(16-21-12-8-6-9-13-21)27-25(30)31-26(3,4)5/h6-15,20,23-24,29H,16-19H2,1-5H3,(H,27,30)/t23-,24+/m0/s1. The fraction of sp³-hybridized carbons (Fsp3) is 0.500. The van der Waals surface area contributed by atoms with E-state index in [1.54, 1.807) is 0 Å². The van der Waals surface area contributed by atoms with Crippen LogP contribution in [0.25, 0.3) is 0 Å². The molecule has 2 rings (SSSR count). The summed E-state index contributed by atoms with van der Waals surface area (Å²) in [6.07, 6.45) is -0.719. The predicted octanol–water partition coefficient (Wildman–Crippen LogP) is 4.64. The number of hydrogen-bond donors (Lipinski definition) is 2. The molecule has 0 aliphatic heterocycles. The topological polar surface area (TPSA) is 61.8 Å². The van der Waals surface area contributed by atoms with Crippen molar-refractivity contribution in [2.24, 2.45) is 5.92 Å². The normalized spacial score (nSPS) is 13.8. The third-order valence-electron chi connectivity index (χ3n) is 4.78. The molecule has 2 N–H and O–H groups in total. The van der Waals surface area contributed by atoms with Gasteiger partial charge in [-0.15, -0.1) is 0 Å². The summed E-state index contributed by atoms with van der Waals surface area (Å²) in [7, 11) is 0. The lowest BCUT2D eigenvalue weighted by atomic mass is 10.0. The minimum atomic E-state index is -0.741. The largest absolute Gasteiger partial charge is 0.444 e. The molecule has 0 saturated heterocycles.